The van der Waals surface area contributed by atoms with Gasteiger partial charge < -0.3 is 9.53 Å². The minimum Gasteiger partial charge on any atom is -0.380 e. The first-order chi connectivity index (χ1) is 5.33. The van der Waals surface area contributed by atoms with Crippen molar-refractivity contribution in [3.05, 3.63) is 12.2 Å². The van der Waals surface area contributed by atoms with Crippen LogP contribution in [-0.4, -0.2) is 19.5 Å². The first kappa shape index (κ1) is 8.47. The topological polar surface area (TPSA) is 26.3 Å². The summed E-state index contributed by atoms with van der Waals surface area (Å²) in [5, 5.41) is 0. The van der Waals surface area contributed by atoms with Crippen molar-refractivity contribution in [2.24, 2.45) is 5.41 Å². The number of allylic oxidation sites excluding steroid dienone is 2. The highest BCUT2D eigenvalue weighted by Crippen LogP contribution is 2.30. The Morgan fingerprint density at radius 3 is 2.91 bits per heavy atom. The second-order valence-electron chi connectivity index (χ2n) is 3.06. The van der Waals surface area contributed by atoms with Gasteiger partial charge in [0, 0.05) is 6.61 Å². The summed E-state index contributed by atoms with van der Waals surface area (Å²) in [6, 6.07) is 0. The molecule has 2 nitrogen and oxygen atoms in total. The third-order valence-electron chi connectivity index (χ3n) is 2.14. The fourth-order valence-corrected chi connectivity index (χ4v) is 1.28. The third-order valence-corrected chi connectivity index (χ3v) is 2.14. The van der Waals surface area contributed by atoms with Crippen molar-refractivity contribution in [2.45, 2.75) is 19.8 Å². The first-order valence-electron chi connectivity index (χ1n) is 3.98. The lowest BCUT2D eigenvalue weighted by molar-refractivity contribution is -0.116. The van der Waals surface area contributed by atoms with Crippen LogP contribution in [0.4, 0.5) is 0 Å². The van der Waals surface area contributed by atoms with E-state index in [2.05, 4.69) is 0 Å². The summed E-state index contributed by atoms with van der Waals surface area (Å²) >= 11 is 0. The molecular weight excluding hydrogens is 140 g/mol. The maximum atomic E-state index is 10.7. The molecular formula is C9H14O2. The Morgan fingerprint density at radius 1 is 1.64 bits per heavy atom. The molecule has 0 radical (unpaired) electrons. The second-order valence-corrected chi connectivity index (χ2v) is 3.06. The van der Waals surface area contributed by atoms with E-state index >= 15 is 0 Å². The van der Waals surface area contributed by atoms with Crippen LogP contribution in [0.25, 0.3) is 0 Å². The predicted octanol–water partition coefficient (Wildman–Crippen LogP) is 1.56. The Bertz CT molecular complexity index is 155. The Labute approximate surface area is 67.2 Å². The Kier molecular flexibility index (Phi) is 2.83. The van der Waals surface area contributed by atoms with Gasteiger partial charge in [0.25, 0.3) is 0 Å². The van der Waals surface area contributed by atoms with Gasteiger partial charge in [-0.2, -0.15) is 0 Å². The fourth-order valence-electron chi connectivity index (χ4n) is 1.28. The van der Waals surface area contributed by atoms with E-state index in [0.29, 0.717) is 6.61 Å². The van der Waals surface area contributed by atoms with Crippen LogP contribution in [0.15, 0.2) is 12.2 Å². The SMILES string of the molecule is C/C=C/CC1(C=O)CCOC1. The van der Waals surface area contributed by atoms with Gasteiger partial charge in [-0.05, 0) is 19.8 Å². The molecule has 0 aromatic carbocycles. The number of carbonyl (C=O) groups is 1. The molecule has 1 atom stereocenters. The van der Waals surface area contributed by atoms with Gasteiger partial charge in [0.1, 0.15) is 6.29 Å². The van der Waals surface area contributed by atoms with E-state index in [-0.39, 0.29) is 5.41 Å². The van der Waals surface area contributed by atoms with Crippen LogP contribution in [0, 0.1) is 5.41 Å². The van der Waals surface area contributed by atoms with Crippen molar-refractivity contribution >= 4 is 6.29 Å². The average molecular weight is 154 g/mol. The quantitative estimate of drug-likeness (QED) is 0.455. The zero-order chi connectivity index (χ0) is 8.16. The lowest BCUT2D eigenvalue weighted by Crippen LogP contribution is -2.21. The smallest absolute Gasteiger partial charge is 0.128 e. The average Bonchev–Trinajstić information content (AvgIpc) is 2.50. The maximum absolute atomic E-state index is 10.7. The molecule has 1 saturated heterocycles. The van der Waals surface area contributed by atoms with Gasteiger partial charge in [-0.25, -0.2) is 0 Å². The molecule has 0 amide bonds. The van der Waals surface area contributed by atoms with Crippen molar-refractivity contribution in [2.75, 3.05) is 13.2 Å². The summed E-state index contributed by atoms with van der Waals surface area (Å²) in [6.07, 6.45) is 6.75. The maximum Gasteiger partial charge on any atom is 0.128 e. The molecule has 2 heteroatoms. The molecule has 1 rings (SSSR count). The van der Waals surface area contributed by atoms with Crippen LogP contribution in [-0.2, 0) is 9.53 Å². The summed E-state index contributed by atoms with van der Waals surface area (Å²) in [5.74, 6) is 0. The highest BCUT2D eigenvalue weighted by molar-refractivity contribution is 5.60. The van der Waals surface area contributed by atoms with Gasteiger partial charge >= 0.3 is 0 Å². The Hall–Kier alpha value is -0.630. The monoisotopic (exact) mass is 154 g/mol. The number of carbonyl (C=O) groups excluding carboxylic acids is 1. The summed E-state index contributed by atoms with van der Waals surface area (Å²) < 4.78 is 5.18. The summed E-state index contributed by atoms with van der Waals surface area (Å²) in [7, 11) is 0. The minimum absolute atomic E-state index is 0.202. The summed E-state index contributed by atoms with van der Waals surface area (Å²) in [6.45, 7) is 3.30. The van der Waals surface area contributed by atoms with Gasteiger partial charge in [0.2, 0.25) is 0 Å². The van der Waals surface area contributed by atoms with Crippen LogP contribution in [0.1, 0.15) is 19.8 Å². The predicted molar refractivity (Wildman–Crippen MR) is 43.4 cm³/mol. The van der Waals surface area contributed by atoms with E-state index in [0.717, 1.165) is 25.7 Å². The third kappa shape index (κ3) is 1.90. The lowest BCUT2D eigenvalue weighted by atomic mass is 9.85. The molecule has 62 valence electrons. The number of hydrogen-bond acceptors (Lipinski definition) is 2. The van der Waals surface area contributed by atoms with Crippen LogP contribution in [0.2, 0.25) is 0 Å². The lowest BCUT2D eigenvalue weighted by Gasteiger charge is -2.16. The highest BCUT2D eigenvalue weighted by Gasteiger charge is 2.33. The number of rotatable bonds is 3. The summed E-state index contributed by atoms with van der Waals surface area (Å²) in [4.78, 5) is 10.7. The van der Waals surface area contributed by atoms with Gasteiger partial charge in [-0.15, -0.1) is 0 Å². The zero-order valence-electron chi connectivity index (χ0n) is 6.88. The number of ether oxygens (including phenoxy) is 1. The van der Waals surface area contributed by atoms with Crippen LogP contribution in [0.5, 0.6) is 0 Å². The van der Waals surface area contributed by atoms with E-state index in [9.17, 15) is 4.79 Å². The van der Waals surface area contributed by atoms with Gasteiger partial charge in [0.15, 0.2) is 0 Å². The molecule has 0 spiro atoms. The van der Waals surface area contributed by atoms with Crippen molar-refractivity contribution in [3.63, 3.8) is 0 Å². The molecule has 0 bridgehead atoms. The number of aldehydes is 1. The van der Waals surface area contributed by atoms with E-state index in [4.69, 9.17) is 4.74 Å². The van der Waals surface area contributed by atoms with Gasteiger partial charge in [-0.1, -0.05) is 12.2 Å². The van der Waals surface area contributed by atoms with Crippen molar-refractivity contribution in [1.29, 1.82) is 0 Å². The molecule has 0 saturated carbocycles. The van der Waals surface area contributed by atoms with Gasteiger partial charge in [-0.3, -0.25) is 0 Å². The van der Waals surface area contributed by atoms with Crippen LogP contribution in [0.3, 0.4) is 0 Å². The Morgan fingerprint density at radius 2 is 2.45 bits per heavy atom. The molecule has 11 heavy (non-hydrogen) atoms. The number of hydrogen-bond donors (Lipinski definition) is 0. The standard InChI is InChI=1S/C9H14O2/c1-2-3-4-9(7-10)5-6-11-8-9/h2-3,7H,4-6,8H2,1H3/b3-2+. The van der Waals surface area contributed by atoms with E-state index in [1.165, 1.54) is 0 Å². The Balaban J connectivity index is 2.52. The van der Waals surface area contributed by atoms with Gasteiger partial charge in [0.05, 0.1) is 12.0 Å². The van der Waals surface area contributed by atoms with E-state index in [1.807, 2.05) is 19.1 Å². The second kappa shape index (κ2) is 3.67. The molecule has 1 aliphatic heterocycles. The zero-order valence-corrected chi connectivity index (χ0v) is 6.88. The summed E-state index contributed by atoms with van der Waals surface area (Å²) in [5.41, 5.74) is -0.202. The fraction of sp³-hybridized carbons (Fsp3) is 0.667. The first-order valence-corrected chi connectivity index (χ1v) is 3.98. The molecule has 0 aliphatic carbocycles. The molecule has 0 aromatic heterocycles. The van der Waals surface area contributed by atoms with Crippen molar-refractivity contribution in [1.82, 2.24) is 0 Å². The van der Waals surface area contributed by atoms with Crippen LogP contribution >= 0.6 is 0 Å². The normalized spacial score (nSPS) is 31.4. The minimum atomic E-state index is -0.202. The van der Waals surface area contributed by atoms with Crippen molar-refractivity contribution in [3.8, 4) is 0 Å². The molecule has 1 aliphatic rings. The molecule has 0 aromatic rings. The molecule has 1 unspecified atom stereocenters. The molecule has 1 heterocycles. The van der Waals surface area contributed by atoms with Crippen molar-refractivity contribution < 1.29 is 9.53 Å². The molecule has 0 N–H and O–H groups in total. The van der Waals surface area contributed by atoms with E-state index in [1.54, 1.807) is 0 Å². The highest BCUT2D eigenvalue weighted by atomic mass is 16.5. The largest absolute Gasteiger partial charge is 0.380 e. The van der Waals surface area contributed by atoms with E-state index < -0.39 is 0 Å². The molecule has 1 fully saturated rings. The van der Waals surface area contributed by atoms with Crippen LogP contribution < -0.4 is 0 Å².